The SMILES string of the molecule is CCCOC(=O)C1C(C)=NC2=C(C(=O)C[C@@H](c3ccc(OC)c(OC)c3)C2)[C@@H]1c1ccc(SC)cc1. The Morgan fingerprint density at radius 1 is 1.03 bits per heavy atom. The molecule has 0 saturated carbocycles. The quantitative estimate of drug-likeness (QED) is 0.325. The molecule has 1 aliphatic carbocycles. The minimum atomic E-state index is -0.614. The first kappa shape index (κ1) is 26.0. The van der Waals surface area contributed by atoms with E-state index in [1.54, 1.807) is 26.0 Å². The molecule has 1 unspecified atom stereocenters. The minimum Gasteiger partial charge on any atom is -0.493 e. The fraction of sp³-hybridized carbons (Fsp3) is 0.414. The van der Waals surface area contributed by atoms with E-state index < -0.39 is 11.8 Å². The zero-order chi connectivity index (χ0) is 25.8. The van der Waals surface area contributed by atoms with E-state index >= 15 is 0 Å². The molecule has 2 aromatic rings. The molecule has 0 amide bonds. The Kier molecular flexibility index (Phi) is 8.19. The van der Waals surface area contributed by atoms with E-state index in [0.29, 0.717) is 42.2 Å². The first-order valence-corrected chi connectivity index (χ1v) is 13.5. The molecule has 3 atom stereocenters. The van der Waals surface area contributed by atoms with Crippen molar-refractivity contribution in [1.82, 2.24) is 0 Å². The second-order valence-corrected chi connectivity index (χ2v) is 10.0. The van der Waals surface area contributed by atoms with Crippen molar-refractivity contribution in [2.75, 3.05) is 27.1 Å². The molecule has 190 valence electrons. The largest absolute Gasteiger partial charge is 0.493 e. The van der Waals surface area contributed by atoms with Crippen LogP contribution in [0.25, 0.3) is 0 Å². The number of Topliss-reactive ketones (excluding diaryl/α,β-unsaturated/α-hetero) is 1. The third-order valence-corrected chi connectivity index (χ3v) is 7.69. The summed E-state index contributed by atoms with van der Waals surface area (Å²) >= 11 is 1.66. The number of benzene rings is 2. The molecule has 0 bridgehead atoms. The smallest absolute Gasteiger partial charge is 0.315 e. The molecule has 0 aromatic heterocycles. The number of carbonyl (C=O) groups excluding carboxylic acids is 2. The van der Waals surface area contributed by atoms with Gasteiger partial charge in [-0.15, -0.1) is 11.8 Å². The van der Waals surface area contributed by atoms with Crippen molar-refractivity contribution in [3.8, 4) is 11.5 Å². The van der Waals surface area contributed by atoms with Gasteiger partial charge < -0.3 is 14.2 Å². The van der Waals surface area contributed by atoms with Crippen molar-refractivity contribution in [2.45, 2.75) is 49.8 Å². The average molecular weight is 508 g/mol. The van der Waals surface area contributed by atoms with Gasteiger partial charge in [0, 0.05) is 34.2 Å². The normalized spacial score (nSPS) is 21.5. The highest BCUT2D eigenvalue weighted by Crippen LogP contribution is 2.47. The van der Waals surface area contributed by atoms with Crippen molar-refractivity contribution in [3.05, 3.63) is 64.9 Å². The lowest BCUT2D eigenvalue weighted by atomic mass is 9.69. The van der Waals surface area contributed by atoms with Gasteiger partial charge in [0.05, 0.1) is 20.8 Å². The van der Waals surface area contributed by atoms with Gasteiger partial charge in [0.1, 0.15) is 5.92 Å². The summed E-state index contributed by atoms with van der Waals surface area (Å²) in [6, 6.07) is 13.9. The summed E-state index contributed by atoms with van der Waals surface area (Å²) < 4.78 is 16.4. The molecule has 0 N–H and O–H groups in total. The van der Waals surface area contributed by atoms with Gasteiger partial charge in [-0.25, -0.2) is 0 Å². The van der Waals surface area contributed by atoms with Crippen LogP contribution in [0.4, 0.5) is 0 Å². The molecule has 1 aliphatic heterocycles. The summed E-state index contributed by atoms with van der Waals surface area (Å²) in [6.07, 6.45) is 3.72. The van der Waals surface area contributed by atoms with Gasteiger partial charge >= 0.3 is 5.97 Å². The summed E-state index contributed by atoms with van der Waals surface area (Å²) in [6.45, 7) is 4.19. The fourth-order valence-electron chi connectivity index (χ4n) is 5.17. The third kappa shape index (κ3) is 5.07. The van der Waals surface area contributed by atoms with Crippen LogP contribution in [-0.2, 0) is 14.3 Å². The minimum absolute atomic E-state index is 0.0273. The van der Waals surface area contributed by atoms with Gasteiger partial charge in [-0.1, -0.05) is 25.1 Å². The second kappa shape index (κ2) is 11.3. The number of nitrogens with zero attached hydrogens (tertiary/aromatic N) is 1. The van der Waals surface area contributed by atoms with E-state index in [-0.39, 0.29) is 17.7 Å². The average Bonchev–Trinajstić information content (AvgIpc) is 2.90. The molecule has 1 heterocycles. The van der Waals surface area contributed by atoms with E-state index in [4.69, 9.17) is 19.2 Å². The number of allylic oxidation sites excluding steroid dienone is 2. The lowest BCUT2D eigenvalue weighted by Crippen LogP contribution is -2.38. The van der Waals surface area contributed by atoms with Crippen molar-refractivity contribution in [1.29, 1.82) is 0 Å². The van der Waals surface area contributed by atoms with E-state index in [1.165, 1.54) is 0 Å². The summed E-state index contributed by atoms with van der Waals surface area (Å²) in [5.41, 5.74) is 4.04. The van der Waals surface area contributed by atoms with Crippen LogP contribution < -0.4 is 9.47 Å². The number of hydrogen-bond donors (Lipinski definition) is 0. The van der Waals surface area contributed by atoms with Crippen LogP contribution >= 0.6 is 11.8 Å². The molecule has 0 saturated heterocycles. The lowest BCUT2D eigenvalue weighted by Gasteiger charge is -2.36. The van der Waals surface area contributed by atoms with Gasteiger partial charge in [-0.05, 0) is 67.3 Å². The standard InChI is InChI=1S/C29H33NO5S/c1-6-13-35-29(32)26-17(2)30-22-14-20(19-9-12-24(33-3)25(16-19)34-4)15-23(31)28(22)27(26)18-7-10-21(36-5)11-8-18/h7-12,16,20,26-27H,6,13-15H2,1-5H3/t20-,26?,27+/m0/s1. The topological polar surface area (TPSA) is 74.2 Å². The molecule has 0 fully saturated rings. The van der Waals surface area contributed by atoms with Crippen LogP contribution in [0.2, 0.25) is 0 Å². The van der Waals surface area contributed by atoms with E-state index in [2.05, 4.69) is 0 Å². The predicted molar refractivity (Wildman–Crippen MR) is 142 cm³/mol. The van der Waals surface area contributed by atoms with Gasteiger partial charge in [0.2, 0.25) is 0 Å². The van der Waals surface area contributed by atoms with Crippen molar-refractivity contribution in [2.24, 2.45) is 10.9 Å². The number of hydrogen-bond acceptors (Lipinski definition) is 7. The fourth-order valence-corrected chi connectivity index (χ4v) is 5.58. The van der Waals surface area contributed by atoms with Crippen LogP contribution in [0.1, 0.15) is 56.1 Å². The van der Waals surface area contributed by atoms with Gasteiger partial charge in [-0.2, -0.15) is 0 Å². The number of ether oxygens (including phenoxy) is 3. The van der Waals surface area contributed by atoms with Crippen LogP contribution in [0.15, 0.2) is 63.6 Å². The molecule has 36 heavy (non-hydrogen) atoms. The summed E-state index contributed by atoms with van der Waals surface area (Å²) in [7, 11) is 3.21. The molecule has 6 nitrogen and oxygen atoms in total. The first-order valence-electron chi connectivity index (χ1n) is 12.3. The molecule has 0 spiro atoms. The predicted octanol–water partition coefficient (Wildman–Crippen LogP) is 5.95. The maximum absolute atomic E-state index is 13.7. The Hall–Kier alpha value is -3.06. The van der Waals surface area contributed by atoms with Crippen molar-refractivity contribution >= 4 is 29.2 Å². The Morgan fingerprint density at radius 3 is 2.36 bits per heavy atom. The Balaban J connectivity index is 1.75. The van der Waals surface area contributed by atoms with Crippen LogP contribution in [0.5, 0.6) is 11.5 Å². The molecule has 2 aliphatic rings. The number of thioether (sulfide) groups is 1. The number of carbonyl (C=O) groups is 2. The van der Waals surface area contributed by atoms with Crippen molar-refractivity contribution in [3.63, 3.8) is 0 Å². The number of esters is 1. The highest BCUT2D eigenvalue weighted by molar-refractivity contribution is 7.98. The molecule has 7 heteroatoms. The van der Waals surface area contributed by atoms with E-state index in [1.807, 2.05) is 62.6 Å². The molecular formula is C29H33NO5S. The lowest BCUT2D eigenvalue weighted by molar-refractivity contribution is -0.146. The highest BCUT2D eigenvalue weighted by Gasteiger charge is 2.44. The molecule has 0 radical (unpaired) electrons. The second-order valence-electron chi connectivity index (χ2n) is 9.15. The summed E-state index contributed by atoms with van der Waals surface area (Å²) in [4.78, 5) is 32.9. The maximum atomic E-state index is 13.7. The van der Waals surface area contributed by atoms with Gasteiger partial charge in [0.25, 0.3) is 0 Å². The zero-order valence-corrected chi connectivity index (χ0v) is 22.3. The molecular weight excluding hydrogens is 474 g/mol. The Bertz CT molecular complexity index is 1200. The number of aliphatic imine (C=N–C) groups is 1. The number of methoxy groups -OCH3 is 2. The van der Waals surface area contributed by atoms with Crippen LogP contribution in [-0.4, -0.2) is 44.5 Å². The number of ketones is 1. The summed E-state index contributed by atoms with van der Waals surface area (Å²) in [5.74, 6) is -0.0599. The molecule has 4 rings (SSSR count). The Labute approximate surface area is 217 Å². The summed E-state index contributed by atoms with van der Waals surface area (Å²) in [5, 5.41) is 0. The maximum Gasteiger partial charge on any atom is 0.315 e. The van der Waals surface area contributed by atoms with Gasteiger partial charge in [-0.3, -0.25) is 14.6 Å². The van der Waals surface area contributed by atoms with Crippen LogP contribution in [0.3, 0.4) is 0 Å². The third-order valence-electron chi connectivity index (χ3n) is 6.94. The highest BCUT2D eigenvalue weighted by atomic mass is 32.2. The first-order chi connectivity index (χ1) is 17.4. The number of rotatable bonds is 8. The van der Waals surface area contributed by atoms with Crippen molar-refractivity contribution < 1.29 is 23.8 Å². The zero-order valence-electron chi connectivity index (χ0n) is 21.5. The van der Waals surface area contributed by atoms with E-state index in [9.17, 15) is 9.59 Å². The van der Waals surface area contributed by atoms with Crippen LogP contribution in [0, 0.1) is 5.92 Å². The van der Waals surface area contributed by atoms with E-state index in [0.717, 1.165) is 28.1 Å². The Morgan fingerprint density at radius 2 is 1.72 bits per heavy atom. The van der Waals surface area contributed by atoms with Gasteiger partial charge in [0.15, 0.2) is 17.3 Å². The monoisotopic (exact) mass is 507 g/mol. The molecule has 2 aromatic carbocycles.